The molecule has 22 N–H and O–H groups in total. The average Bonchev–Trinajstić information content (AvgIpc) is 1.48. The van der Waals surface area contributed by atoms with Crippen molar-refractivity contribution in [2.75, 3.05) is 57.9 Å². The normalized spacial score (nSPS) is 20.3. The van der Waals surface area contributed by atoms with E-state index < -0.39 is 217 Å². The van der Waals surface area contributed by atoms with Crippen LogP contribution >= 0.6 is 21.6 Å². The van der Waals surface area contributed by atoms with E-state index in [9.17, 15) is 87.9 Å². The highest BCUT2D eigenvalue weighted by molar-refractivity contribution is 8.76. The number of aliphatic hydroxyl groups is 4. The molecule has 0 saturated carbocycles. The highest BCUT2D eigenvalue weighted by Crippen LogP contribution is 2.42. The average molecular weight is 1810 g/mol. The molecule has 3 aromatic heterocycles. The summed E-state index contributed by atoms with van der Waals surface area (Å²) in [5.41, 5.74) is 13.0. The number of phenols is 1. The van der Waals surface area contributed by atoms with Crippen molar-refractivity contribution in [3.8, 4) is 17.1 Å². The van der Waals surface area contributed by atoms with Crippen LogP contribution in [0.15, 0.2) is 126 Å². The van der Waals surface area contributed by atoms with E-state index >= 15 is 9.59 Å². The summed E-state index contributed by atoms with van der Waals surface area (Å²) in [5, 5.41) is 85.8. The zero-order valence-corrected chi connectivity index (χ0v) is 72.6. The van der Waals surface area contributed by atoms with Gasteiger partial charge in [-0.3, -0.25) is 67.2 Å². The van der Waals surface area contributed by atoms with E-state index in [0.717, 1.165) is 51.3 Å². The Morgan fingerprint density at radius 1 is 0.695 bits per heavy atom. The number of phenolic OH excluding ortho intramolecular Hbond substituents is 1. The van der Waals surface area contributed by atoms with E-state index in [4.69, 9.17) is 25.9 Å². The van der Waals surface area contributed by atoms with Gasteiger partial charge < -0.3 is 120 Å². The van der Waals surface area contributed by atoms with Gasteiger partial charge in [-0.1, -0.05) is 127 Å². The largest absolute Gasteiger partial charge is 0.508 e. The van der Waals surface area contributed by atoms with Gasteiger partial charge in [0, 0.05) is 77.5 Å². The highest BCUT2D eigenvalue weighted by Gasteiger charge is 2.52. The van der Waals surface area contributed by atoms with E-state index in [1.54, 1.807) is 87.8 Å². The number of aromatic hydroxyl groups is 1. The fourth-order valence-corrected chi connectivity index (χ4v) is 17.1. The lowest BCUT2D eigenvalue weighted by Gasteiger charge is -2.37. The predicted molar refractivity (Wildman–Crippen MR) is 469 cm³/mol. The second kappa shape index (κ2) is 45.7. The summed E-state index contributed by atoms with van der Waals surface area (Å²) in [4.78, 5) is 226. The Hall–Kier alpha value is -12.6. The third-order valence-corrected chi connectivity index (χ3v) is 24.4. The number of likely N-dealkylation sites (N-methyl/N-ethyl adjacent to an activating group) is 1. The highest BCUT2D eigenvalue weighted by atomic mass is 33.1. The van der Waals surface area contributed by atoms with Crippen LogP contribution in [0.3, 0.4) is 0 Å². The van der Waals surface area contributed by atoms with E-state index in [-0.39, 0.29) is 88.0 Å². The number of aromatic amines is 1. The van der Waals surface area contributed by atoms with Gasteiger partial charge >= 0.3 is 12.1 Å². The van der Waals surface area contributed by atoms with Gasteiger partial charge in [0.15, 0.2) is 0 Å². The molecule has 3 aliphatic heterocycles. The SMILES string of the molecule is CCCC[C@H](NC(=O)[C@H](CO)NC(=O)CN(CCNC)C(=O)O[C@]1(CC)C(=O)OCc2c1cc1n(c2=O)Cc2cc3ccccc3nc2-1)C(=O)N[C@@H](Cc1ccc(O)cc1)C(=O)N[C@@H](CO)C(=O)N[C@H]1CSSC[C@@H](C(=O)N[C@H](C(N)=O)[C@@H](C)O)NC(=O)[C@H]([C@@H](C)O)NC(=O)[C@H](CCCN)NC(=O)[C@H](Cc2c[nH]c3ccccc23)NC(=O)[C@H](Cc2ccccc2)NC1=O. The van der Waals surface area contributed by atoms with Crippen LogP contribution < -0.4 is 80.8 Å². The third-order valence-electron chi connectivity index (χ3n) is 22.0. The van der Waals surface area contributed by atoms with Crippen LogP contribution in [0.5, 0.6) is 5.75 Å². The number of hydrogen-bond acceptors (Lipinski definition) is 27. The van der Waals surface area contributed by atoms with Crippen LogP contribution in [0.2, 0.25) is 0 Å². The minimum absolute atomic E-state index is 0.00439. The number of aromatic nitrogens is 3. The number of nitrogens with one attached hydrogen (secondary N) is 13. The summed E-state index contributed by atoms with van der Waals surface area (Å²) < 4.78 is 13.2. The van der Waals surface area contributed by atoms with Crippen LogP contribution in [0.4, 0.5) is 4.79 Å². The van der Waals surface area contributed by atoms with Crippen LogP contribution in [0.1, 0.15) is 99.6 Å². The first-order valence-corrected chi connectivity index (χ1v) is 44.3. The maximum absolute atomic E-state index is 15.3. The fourth-order valence-electron chi connectivity index (χ4n) is 14.8. The minimum Gasteiger partial charge on any atom is -0.508 e. The first-order chi connectivity index (χ1) is 61.3. The molecular formula is C86H108N18O22S2. The summed E-state index contributed by atoms with van der Waals surface area (Å²) in [7, 11) is 3.11. The smallest absolute Gasteiger partial charge is 0.411 e. The van der Waals surface area contributed by atoms with Gasteiger partial charge in [0.1, 0.15) is 85.4 Å². The molecular weight excluding hydrogens is 1700 g/mol. The number of nitrogens with zero attached hydrogens (tertiary/aromatic N) is 3. The van der Waals surface area contributed by atoms with Crippen molar-refractivity contribution in [1.82, 2.24) is 83.2 Å². The number of ether oxygens (including phenoxy) is 2. The Balaban J connectivity index is 0.893. The van der Waals surface area contributed by atoms with E-state index in [1.807, 2.05) is 30.3 Å². The van der Waals surface area contributed by atoms with Crippen molar-refractivity contribution in [3.63, 3.8) is 0 Å². The van der Waals surface area contributed by atoms with Crippen molar-refractivity contribution in [3.05, 3.63) is 165 Å². The van der Waals surface area contributed by atoms with Gasteiger partial charge in [-0.2, -0.15) is 0 Å². The van der Waals surface area contributed by atoms with Gasteiger partial charge in [0.25, 0.3) is 5.56 Å². The number of rotatable bonds is 35. The molecule has 3 aliphatic rings. The molecule has 1 saturated heterocycles. The van der Waals surface area contributed by atoms with Gasteiger partial charge in [0.2, 0.25) is 76.5 Å². The molecule has 13 amide bonds. The molecule has 0 aliphatic carbocycles. The number of fused-ring (bicyclic) bond motifs is 6. The predicted octanol–water partition coefficient (Wildman–Crippen LogP) is -2.45. The zero-order chi connectivity index (χ0) is 92.6. The van der Waals surface area contributed by atoms with Crippen LogP contribution in [0, 0.1) is 0 Å². The molecule has 6 heterocycles. The molecule has 40 nitrogen and oxygen atoms in total. The summed E-state index contributed by atoms with van der Waals surface area (Å²) >= 11 is 0. The summed E-state index contributed by atoms with van der Waals surface area (Å²) in [5.74, 6) is -15.3. The number of nitrogens with two attached hydrogens (primary N) is 2. The number of carbonyl (C=O) groups excluding carboxylic acids is 14. The molecule has 10 rings (SSSR count). The fraction of sp³-hybridized carbons (Fsp3) is 0.442. The van der Waals surface area contributed by atoms with Crippen molar-refractivity contribution in [1.29, 1.82) is 0 Å². The molecule has 128 heavy (non-hydrogen) atoms. The molecule has 0 radical (unpaired) electrons. The summed E-state index contributed by atoms with van der Waals surface area (Å²) in [6.07, 6.45) is -3.57. The maximum atomic E-state index is 15.3. The number of aliphatic hydroxyl groups excluding tert-OH is 4. The molecule has 1 fully saturated rings. The number of benzene rings is 4. The Morgan fingerprint density at radius 3 is 2.01 bits per heavy atom. The van der Waals surface area contributed by atoms with Crippen molar-refractivity contribution in [2.45, 2.75) is 183 Å². The van der Waals surface area contributed by atoms with Gasteiger partial charge in [0.05, 0.1) is 54.4 Å². The minimum atomic E-state index is -2.21. The molecule has 14 atom stereocenters. The second-order valence-corrected chi connectivity index (χ2v) is 33.8. The molecule has 686 valence electrons. The maximum Gasteiger partial charge on any atom is 0.411 e. The quantitative estimate of drug-likeness (QED) is 0.0145. The lowest BCUT2D eigenvalue weighted by Crippen LogP contribution is -2.63. The number of cyclic esters (lactones) is 1. The van der Waals surface area contributed by atoms with Gasteiger partial charge in [-0.15, -0.1) is 0 Å². The molecule has 0 bridgehead atoms. The zero-order valence-electron chi connectivity index (χ0n) is 71.0. The molecule has 0 spiro atoms. The number of primary amides is 1. The number of esters is 1. The first-order valence-electron chi connectivity index (χ1n) is 41.8. The third kappa shape index (κ3) is 24.8. The molecule has 7 aromatic rings. The monoisotopic (exact) mass is 1810 g/mol. The Morgan fingerprint density at radius 2 is 1.33 bits per heavy atom. The second-order valence-electron chi connectivity index (χ2n) is 31.2. The van der Waals surface area contributed by atoms with Crippen LogP contribution in [-0.2, 0) is 110 Å². The number of para-hydroxylation sites is 2. The van der Waals surface area contributed by atoms with Gasteiger partial charge in [-0.25, -0.2) is 14.6 Å². The van der Waals surface area contributed by atoms with Crippen molar-refractivity contribution in [2.24, 2.45) is 11.5 Å². The Bertz CT molecular complexity index is 5280. The first kappa shape index (κ1) is 97.6. The summed E-state index contributed by atoms with van der Waals surface area (Å²) in [6.45, 7) is 2.00. The lowest BCUT2D eigenvalue weighted by atomic mass is 9.85. The van der Waals surface area contributed by atoms with E-state index in [1.165, 1.54) is 28.8 Å². The number of carbonyl (C=O) groups is 14. The molecule has 4 aromatic carbocycles. The van der Waals surface area contributed by atoms with Crippen molar-refractivity contribution >= 4 is 126 Å². The summed E-state index contributed by atoms with van der Waals surface area (Å²) in [6, 6.07) is 12.6. The van der Waals surface area contributed by atoms with Crippen LogP contribution in [-0.4, -0.2) is 265 Å². The Labute approximate surface area is 742 Å². The topological polar surface area (TPSA) is 609 Å². The van der Waals surface area contributed by atoms with E-state index in [0.29, 0.717) is 50.9 Å². The standard InChI is InChI=1S/C86H108N18O22S2/c1-6-8-21-58(94-78(117)63(40-105)91-68(110)39-103(31-30-89-5)85(124)126-86(7-2)55-36-67-71-51(34-49-19-12-14-22-56(49)92-71)38-104(67)83(122)54(55)42-125-84(86)123)73(112)95-61(33-48-25-27-52(109)28-26-48)76(115)98-64(41-106)79(118)99-65-43-127-128-44-66(81(120)101-69(45(3)107)72(88)111)100-82(121)70(46(4)108)102-74(113)59(24-16-29-87)93-77(116)62(35-50-37-90-57-23-15-13-20-53(50)57)97-75(114)60(96-80(65)119)32-47-17-10-9-11-18-47/h9-15,17-20,22-23,25-28,34,36-37,45-46,58-66,69-70,89-90,105-109H,6-8,16,21,24,29-33,35,38-44,87H2,1-5H3,(H2,88,111)(H,91,110)(H,93,116)(H,94,117)(H,95,112)(H,96,119)(H,97,114)(H,98,115)(H,99,118)(H,100,121)(H,101,120)(H,102,113)/t45-,46-,58+,59+,60+,61+,62+,63+,64+,65+,66+,69+,70+,86+/m1/s1. The molecule has 0 unspecified atom stereocenters. The van der Waals surface area contributed by atoms with Crippen molar-refractivity contribution < 1.29 is 102 Å². The number of H-pyrrole nitrogens is 1. The number of unbranched alkanes of at least 4 members (excludes halogenated alkanes) is 1. The lowest BCUT2D eigenvalue weighted by molar-refractivity contribution is -0.173. The Kier molecular flexibility index (Phi) is 34.9. The number of hydrogen-bond donors (Lipinski definition) is 20. The molecule has 42 heteroatoms. The van der Waals surface area contributed by atoms with Crippen LogP contribution in [0.25, 0.3) is 33.2 Å². The number of pyridine rings is 2. The number of amides is 13. The van der Waals surface area contributed by atoms with Gasteiger partial charge in [-0.05, 0) is 106 Å². The van der Waals surface area contributed by atoms with E-state index in [2.05, 4.69) is 68.8 Å².